The van der Waals surface area contributed by atoms with E-state index in [-0.39, 0.29) is 6.54 Å². The third-order valence-corrected chi connectivity index (χ3v) is 2.51. The second kappa shape index (κ2) is 5.68. The van der Waals surface area contributed by atoms with Gasteiger partial charge >= 0.3 is 0 Å². The molecule has 15 heavy (non-hydrogen) atoms. The highest BCUT2D eigenvalue weighted by Crippen LogP contribution is 2.24. The lowest BCUT2D eigenvalue weighted by Gasteiger charge is -2.25. The molecule has 0 aromatic carbocycles. The number of nitrogens with zero attached hydrogens (tertiary/aromatic N) is 2. The molecule has 4 heteroatoms. The summed E-state index contributed by atoms with van der Waals surface area (Å²) < 4.78 is 0. The minimum absolute atomic E-state index is 0.222. The molecule has 0 amide bonds. The van der Waals surface area contributed by atoms with Crippen LogP contribution in [0.5, 0.6) is 0 Å². The zero-order valence-electron chi connectivity index (χ0n) is 9.35. The molecule has 1 unspecified atom stereocenters. The van der Waals surface area contributed by atoms with E-state index in [0.29, 0.717) is 0 Å². The van der Waals surface area contributed by atoms with Crippen molar-refractivity contribution in [3.8, 4) is 0 Å². The van der Waals surface area contributed by atoms with Crippen LogP contribution in [-0.4, -0.2) is 29.7 Å². The average Bonchev–Trinajstić information content (AvgIpc) is 2.30. The van der Waals surface area contributed by atoms with Crippen LogP contribution in [0.15, 0.2) is 18.5 Å². The summed E-state index contributed by atoms with van der Waals surface area (Å²) in [6.45, 7) is 6.21. The molecule has 1 aromatic rings. The summed E-state index contributed by atoms with van der Waals surface area (Å²) >= 11 is 0. The van der Waals surface area contributed by atoms with Crippen molar-refractivity contribution in [2.45, 2.75) is 20.0 Å². The molecule has 0 fully saturated rings. The minimum atomic E-state index is -0.630. The summed E-state index contributed by atoms with van der Waals surface area (Å²) in [6, 6.07) is 1.92. The number of nitrogens with two attached hydrogens (primary N) is 1. The number of hydrogen-bond donors (Lipinski definition) is 2. The number of pyridine rings is 1. The number of aliphatic hydroxyl groups is 1. The fourth-order valence-corrected chi connectivity index (χ4v) is 1.64. The van der Waals surface area contributed by atoms with Crippen molar-refractivity contribution >= 4 is 5.69 Å². The zero-order valence-corrected chi connectivity index (χ0v) is 9.35. The topological polar surface area (TPSA) is 62.4 Å². The first kappa shape index (κ1) is 11.9. The van der Waals surface area contributed by atoms with Crippen LogP contribution >= 0.6 is 0 Å². The Balaban J connectivity index is 3.04. The van der Waals surface area contributed by atoms with Gasteiger partial charge in [-0.05, 0) is 19.9 Å². The van der Waals surface area contributed by atoms with Gasteiger partial charge in [-0.25, -0.2) is 0 Å². The van der Waals surface area contributed by atoms with Crippen LogP contribution in [0.25, 0.3) is 0 Å². The van der Waals surface area contributed by atoms with E-state index < -0.39 is 6.10 Å². The molecule has 0 saturated heterocycles. The summed E-state index contributed by atoms with van der Waals surface area (Å²) in [5, 5.41) is 9.76. The van der Waals surface area contributed by atoms with Gasteiger partial charge in [0.1, 0.15) is 0 Å². The third kappa shape index (κ3) is 2.67. The van der Waals surface area contributed by atoms with Crippen molar-refractivity contribution in [1.82, 2.24) is 4.98 Å². The number of aromatic nitrogens is 1. The summed E-state index contributed by atoms with van der Waals surface area (Å²) in [4.78, 5) is 6.20. The molecular formula is C11H19N3O. The standard InChI is InChI=1S/C11H19N3O/c1-3-14(4-2)10-5-6-13-8-9(10)11(15)7-12/h5-6,8,11,15H,3-4,7,12H2,1-2H3. The van der Waals surface area contributed by atoms with Gasteiger partial charge in [0.05, 0.1) is 6.10 Å². The van der Waals surface area contributed by atoms with Gasteiger partial charge in [-0.15, -0.1) is 0 Å². The maximum atomic E-state index is 9.76. The molecule has 0 spiro atoms. The first-order chi connectivity index (χ1) is 7.24. The summed E-state index contributed by atoms with van der Waals surface area (Å²) in [5.74, 6) is 0. The van der Waals surface area contributed by atoms with E-state index >= 15 is 0 Å². The molecule has 1 atom stereocenters. The summed E-state index contributed by atoms with van der Waals surface area (Å²) in [6.07, 6.45) is 2.79. The predicted octanol–water partition coefficient (Wildman–Crippen LogP) is 0.920. The Morgan fingerprint density at radius 3 is 2.67 bits per heavy atom. The lowest BCUT2D eigenvalue weighted by Crippen LogP contribution is -2.25. The predicted molar refractivity (Wildman–Crippen MR) is 61.8 cm³/mol. The van der Waals surface area contributed by atoms with E-state index in [9.17, 15) is 5.11 Å². The molecule has 1 heterocycles. The molecule has 1 aromatic heterocycles. The number of hydrogen-bond acceptors (Lipinski definition) is 4. The Bertz CT molecular complexity index is 300. The van der Waals surface area contributed by atoms with Crippen LogP contribution in [0, 0.1) is 0 Å². The van der Waals surface area contributed by atoms with Crippen molar-refractivity contribution in [3.63, 3.8) is 0 Å². The molecule has 0 aliphatic carbocycles. The lowest BCUT2D eigenvalue weighted by atomic mass is 10.1. The smallest absolute Gasteiger partial charge is 0.0947 e. The van der Waals surface area contributed by atoms with E-state index in [2.05, 4.69) is 23.7 Å². The third-order valence-electron chi connectivity index (χ3n) is 2.51. The largest absolute Gasteiger partial charge is 0.387 e. The summed E-state index contributed by atoms with van der Waals surface area (Å²) in [7, 11) is 0. The molecule has 1 rings (SSSR count). The van der Waals surface area contributed by atoms with Crippen LogP contribution in [0.3, 0.4) is 0 Å². The molecule has 84 valence electrons. The normalized spacial score (nSPS) is 12.5. The van der Waals surface area contributed by atoms with Crippen molar-refractivity contribution < 1.29 is 5.11 Å². The van der Waals surface area contributed by atoms with Gasteiger partial charge in [-0.2, -0.15) is 0 Å². The Hall–Kier alpha value is -1.13. The van der Waals surface area contributed by atoms with Crippen LogP contribution in [0.4, 0.5) is 5.69 Å². The Morgan fingerprint density at radius 1 is 1.47 bits per heavy atom. The number of aliphatic hydroxyl groups excluding tert-OH is 1. The fourth-order valence-electron chi connectivity index (χ4n) is 1.64. The highest BCUT2D eigenvalue weighted by atomic mass is 16.3. The number of rotatable bonds is 5. The maximum absolute atomic E-state index is 9.76. The van der Waals surface area contributed by atoms with Gasteiger partial charge in [-0.1, -0.05) is 0 Å². The van der Waals surface area contributed by atoms with E-state index in [0.717, 1.165) is 24.3 Å². The van der Waals surface area contributed by atoms with Crippen molar-refractivity contribution in [2.75, 3.05) is 24.5 Å². The minimum Gasteiger partial charge on any atom is -0.387 e. The van der Waals surface area contributed by atoms with E-state index in [4.69, 9.17) is 5.73 Å². The quantitative estimate of drug-likeness (QED) is 0.757. The Kier molecular flexibility index (Phi) is 4.52. The molecule has 0 radical (unpaired) electrons. The van der Waals surface area contributed by atoms with Gasteiger partial charge < -0.3 is 15.7 Å². The van der Waals surface area contributed by atoms with Gasteiger partial charge in [0.25, 0.3) is 0 Å². The monoisotopic (exact) mass is 209 g/mol. The summed E-state index contributed by atoms with van der Waals surface area (Å²) in [5.41, 5.74) is 7.29. The van der Waals surface area contributed by atoms with Gasteiger partial charge in [0.15, 0.2) is 0 Å². The highest BCUT2D eigenvalue weighted by Gasteiger charge is 2.13. The van der Waals surface area contributed by atoms with Crippen LogP contribution in [0.2, 0.25) is 0 Å². The van der Waals surface area contributed by atoms with Crippen LogP contribution in [0.1, 0.15) is 25.5 Å². The van der Waals surface area contributed by atoms with E-state index in [1.807, 2.05) is 6.07 Å². The lowest BCUT2D eigenvalue weighted by molar-refractivity contribution is 0.186. The van der Waals surface area contributed by atoms with E-state index in [1.165, 1.54) is 0 Å². The molecule has 0 bridgehead atoms. The Morgan fingerprint density at radius 2 is 2.13 bits per heavy atom. The molecule has 3 N–H and O–H groups in total. The zero-order chi connectivity index (χ0) is 11.3. The SMILES string of the molecule is CCN(CC)c1ccncc1C(O)CN. The second-order valence-corrected chi connectivity index (χ2v) is 3.36. The van der Waals surface area contributed by atoms with Crippen LogP contribution < -0.4 is 10.6 Å². The molecule has 0 aliphatic rings. The van der Waals surface area contributed by atoms with Gasteiger partial charge in [0, 0.05) is 43.3 Å². The Labute approximate surface area is 90.7 Å². The first-order valence-electron chi connectivity index (χ1n) is 5.31. The van der Waals surface area contributed by atoms with Crippen molar-refractivity contribution in [2.24, 2.45) is 5.73 Å². The molecular weight excluding hydrogens is 190 g/mol. The molecule has 4 nitrogen and oxygen atoms in total. The van der Waals surface area contributed by atoms with E-state index in [1.54, 1.807) is 12.4 Å². The van der Waals surface area contributed by atoms with Gasteiger partial charge in [-0.3, -0.25) is 4.98 Å². The maximum Gasteiger partial charge on any atom is 0.0947 e. The average molecular weight is 209 g/mol. The van der Waals surface area contributed by atoms with Gasteiger partial charge in [0.2, 0.25) is 0 Å². The van der Waals surface area contributed by atoms with Crippen molar-refractivity contribution in [3.05, 3.63) is 24.0 Å². The second-order valence-electron chi connectivity index (χ2n) is 3.36. The first-order valence-corrected chi connectivity index (χ1v) is 5.31. The van der Waals surface area contributed by atoms with Crippen molar-refractivity contribution in [1.29, 1.82) is 0 Å². The highest BCUT2D eigenvalue weighted by molar-refractivity contribution is 5.53. The molecule has 0 aliphatic heterocycles. The molecule has 0 saturated carbocycles. The number of anilines is 1. The van der Waals surface area contributed by atoms with Crippen LogP contribution in [-0.2, 0) is 0 Å². The fraction of sp³-hybridized carbons (Fsp3) is 0.545.